The van der Waals surface area contributed by atoms with Gasteiger partial charge in [-0.1, -0.05) is 48.5 Å². The number of ether oxygens (including phenoxy) is 3. The first kappa shape index (κ1) is 26.3. The summed E-state index contributed by atoms with van der Waals surface area (Å²) >= 11 is 0. The Morgan fingerprint density at radius 1 is 0.868 bits per heavy atom. The van der Waals surface area contributed by atoms with Crippen LogP contribution in [0.15, 0.2) is 84.9 Å². The van der Waals surface area contributed by atoms with Crippen LogP contribution in [-0.4, -0.2) is 47.6 Å². The minimum absolute atomic E-state index is 0.0522. The minimum atomic E-state index is -2.15. The van der Waals surface area contributed by atoms with Crippen LogP contribution in [0, 0.1) is 10.1 Å². The Labute approximate surface area is 218 Å². The summed E-state index contributed by atoms with van der Waals surface area (Å²) in [4.78, 5) is 53.5. The first-order chi connectivity index (χ1) is 18.4. The molecule has 0 radical (unpaired) electrons. The molecule has 0 N–H and O–H groups in total. The van der Waals surface area contributed by atoms with Gasteiger partial charge in [0, 0.05) is 17.8 Å². The number of rotatable bonds is 9. The summed E-state index contributed by atoms with van der Waals surface area (Å²) in [6.45, 7) is 3.07. The molecule has 3 aromatic rings. The van der Waals surface area contributed by atoms with Crippen LogP contribution in [0.4, 0.5) is 11.4 Å². The topological polar surface area (TPSA) is 125 Å². The fourth-order valence-corrected chi connectivity index (χ4v) is 4.80. The summed E-state index contributed by atoms with van der Waals surface area (Å²) in [5.41, 5.74) is -1.84. The number of hydrogen-bond acceptors (Lipinski definition) is 9. The molecule has 10 heteroatoms. The van der Waals surface area contributed by atoms with E-state index in [0.717, 1.165) is 0 Å². The van der Waals surface area contributed by atoms with Gasteiger partial charge in [0.2, 0.25) is 5.54 Å². The van der Waals surface area contributed by atoms with E-state index >= 15 is 0 Å². The smallest absolute Gasteiger partial charge is 0.344 e. The molecule has 3 aromatic carbocycles. The van der Waals surface area contributed by atoms with Crippen LogP contribution in [0.25, 0.3) is 0 Å². The molecule has 1 fully saturated rings. The Morgan fingerprint density at radius 3 is 2.00 bits per heavy atom. The van der Waals surface area contributed by atoms with Crippen LogP contribution in [0.2, 0.25) is 0 Å². The molecule has 1 aliphatic heterocycles. The zero-order valence-electron chi connectivity index (χ0n) is 20.8. The molecular weight excluding hydrogens is 492 g/mol. The fourth-order valence-electron chi connectivity index (χ4n) is 4.80. The Balaban J connectivity index is 1.96. The standard InChI is InChI=1S/C28H26N2O8/c1-3-36-26(32)28(27(33)37-4-2)23(19-12-11-15-21(18-19)30(34)35)24(29(28)20-13-7-5-8-14-20)25(31)38-22-16-9-6-10-17-22/h5-18,23-24H,3-4H2,1-2H3. The van der Waals surface area contributed by atoms with E-state index < -0.39 is 40.3 Å². The van der Waals surface area contributed by atoms with E-state index in [1.54, 1.807) is 74.5 Å². The molecule has 0 aliphatic carbocycles. The molecule has 196 valence electrons. The normalized spacial score (nSPS) is 17.6. The molecule has 1 heterocycles. The molecule has 2 atom stereocenters. The van der Waals surface area contributed by atoms with Crippen molar-refractivity contribution in [3.63, 3.8) is 0 Å². The number of carbonyl (C=O) groups excluding carboxylic acids is 3. The number of benzene rings is 3. The number of esters is 3. The number of anilines is 1. The molecule has 4 rings (SSSR count). The van der Waals surface area contributed by atoms with Gasteiger partial charge < -0.3 is 19.1 Å². The van der Waals surface area contributed by atoms with Crippen LogP contribution in [-0.2, 0) is 23.9 Å². The van der Waals surface area contributed by atoms with E-state index in [4.69, 9.17) is 14.2 Å². The molecule has 0 amide bonds. The van der Waals surface area contributed by atoms with Crippen molar-refractivity contribution in [2.45, 2.75) is 31.3 Å². The largest absolute Gasteiger partial charge is 0.464 e. The van der Waals surface area contributed by atoms with Crippen molar-refractivity contribution in [2.24, 2.45) is 0 Å². The predicted octanol–water partition coefficient (Wildman–Crippen LogP) is 4.04. The van der Waals surface area contributed by atoms with Crippen LogP contribution in [0.1, 0.15) is 25.3 Å². The van der Waals surface area contributed by atoms with Gasteiger partial charge in [0.05, 0.1) is 24.1 Å². The molecular formula is C28H26N2O8. The molecule has 1 saturated heterocycles. The number of non-ortho nitro benzene ring substituents is 1. The second kappa shape index (κ2) is 11.1. The number of hydrogen-bond donors (Lipinski definition) is 0. The molecule has 38 heavy (non-hydrogen) atoms. The van der Waals surface area contributed by atoms with Crippen LogP contribution < -0.4 is 9.64 Å². The van der Waals surface area contributed by atoms with Gasteiger partial charge in [-0.25, -0.2) is 14.4 Å². The molecule has 2 unspecified atom stereocenters. The fraction of sp³-hybridized carbons (Fsp3) is 0.250. The van der Waals surface area contributed by atoms with Crippen molar-refractivity contribution >= 4 is 29.3 Å². The van der Waals surface area contributed by atoms with Gasteiger partial charge in [-0.15, -0.1) is 0 Å². The van der Waals surface area contributed by atoms with Crippen molar-refractivity contribution in [3.05, 3.63) is 101 Å². The van der Waals surface area contributed by atoms with Gasteiger partial charge in [-0.3, -0.25) is 10.1 Å². The molecule has 0 bridgehead atoms. The minimum Gasteiger partial charge on any atom is -0.464 e. The number of nitro groups is 1. The summed E-state index contributed by atoms with van der Waals surface area (Å²) < 4.78 is 16.4. The summed E-state index contributed by atoms with van der Waals surface area (Å²) in [7, 11) is 0. The van der Waals surface area contributed by atoms with Gasteiger partial charge >= 0.3 is 17.9 Å². The lowest BCUT2D eigenvalue weighted by atomic mass is 9.63. The van der Waals surface area contributed by atoms with Crippen molar-refractivity contribution in [2.75, 3.05) is 18.1 Å². The van der Waals surface area contributed by atoms with E-state index in [1.807, 2.05) is 0 Å². The highest BCUT2D eigenvalue weighted by atomic mass is 16.6. The number of nitro benzene ring substituents is 1. The highest BCUT2D eigenvalue weighted by Crippen LogP contribution is 2.53. The lowest BCUT2D eigenvalue weighted by Gasteiger charge is -2.59. The maximum Gasteiger partial charge on any atom is 0.344 e. The zero-order valence-corrected chi connectivity index (χ0v) is 20.8. The van der Waals surface area contributed by atoms with Crippen molar-refractivity contribution in [1.29, 1.82) is 0 Å². The van der Waals surface area contributed by atoms with Gasteiger partial charge in [0.1, 0.15) is 11.8 Å². The lowest BCUT2D eigenvalue weighted by molar-refractivity contribution is -0.385. The van der Waals surface area contributed by atoms with Crippen LogP contribution in [0.3, 0.4) is 0 Å². The quantitative estimate of drug-likeness (QED) is 0.136. The molecule has 1 aliphatic rings. The van der Waals surface area contributed by atoms with Crippen LogP contribution in [0.5, 0.6) is 5.75 Å². The van der Waals surface area contributed by atoms with E-state index in [2.05, 4.69) is 0 Å². The lowest BCUT2D eigenvalue weighted by Crippen LogP contribution is -2.81. The van der Waals surface area contributed by atoms with Gasteiger partial charge in [-0.2, -0.15) is 0 Å². The van der Waals surface area contributed by atoms with E-state index in [9.17, 15) is 24.5 Å². The summed E-state index contributed by atoms with van der Waals surface area (Å²) in [6, 6.07) is 21.0. The Bertz CT molecular complexity index is 1310. The van der Waals surface area contributed by atoms with Crippen LogP contribution >= 0.6 is 0 Å². The maximum absolute atomic E-state index is 13.7. The maximum atomic E-state index is 13.7. The summed E-state index contributed by atoms with van der Waals surface area (Å²) in [6.07, 6.45) is 0. The Hall–Kier alpha value is -4.73. The first-order valence-corrected chi connectivity index (χ1v) is 12.1. The zero-order chi connectivity index (χ0) is 27.3. The predicted molar refractivity (Wildman–Crippen MR) is 137 cm³/mol. The summed E-state index contributed by atoms with van der Waals surface area (Å²) in [5, 5.41) is 11.6. The average Bonchev–Trinajstić information content (AvgIpc) is 2.90. The number of para-hydroxylation sites is 2. The van der Waals surface area contributed by atoms with E-state index in [-0.39, 0.29) is 30.2 Å². The van der Waals surface area contributed by atoms with E-state index in [0.29, 0.717) is 5.69 Å². The Kier molecular flexibility index (Phi) is 7.71. The Morgan fingerprint density at radius 2 is 1.45 bits per heavy atom. The second-order valence-corrected chi connectivity index (χ2v) is 8.42. The molecule has 10 nitrogen and oxygen atoms in total. The first-order valence-electron chi connectivity index (χ1n) is 12.1. The third-order valence-corrected chi connectivity index (χ3v) is 6.27. The second-order valence-electron chi connectivity index (χ2n) is 8.42. The monoisotopic (exact) mass is 518 g/mol. The third-order valence-electron chi connectivity index (χ3n) is 6.27. The molecule has 0 saturated carbocycles. The summed E-state index contributed by atoms with van der Waals surface area (Å²) in [5.74, 6) is -3.61. The van der Waals surface area contributed by atoms with E-state index in [1.165, 1.54) is 29.2 Å². The van der Waals surface area contributed by atoms with Gasteiger partial charge in [-0.05, 0) is 43.7 Å². The SMILES string of the molecule is CCOC(=O)C1(C(=O)OCC)C(c2cccc([N+](=O)[O-])c2)C(C(=O)Oc2ccccc2)N1c1ccccc1. The van der Waals surface area contributed by atoms with Gasteiger partial charge in [0.25, 0.3) is 5.69 Å². The third kappa shape index (κ3) is 4.56. The van der Waals surface area contributed by atoms with Crippen molar-refractivity contribution in [1.82, 2.24) is 0 Å². The van der Waals surface area contributed by atoms with Gasteiger partial charge in [0.15, 0.2) is 0 Å². The van der Waals surface area contributed by atoms with Crippen molar-refractivity contribution in [3.8, 4) is 5.75 Å². The average molecular weight is 519 g/mol. The number of nitrogens with zero attached hydrogens (tertiary/aromatic N) is 2. The number of carbonyl (C=O) groups is 3. The van der Waals surface area contributed by atoms with Crippen molar-refractivity contribution < 1.29 is 33.5 Å². The highest BCUT2D eigenvalue weighted by Gasteiger charge is 2.74. The highest BCUT2D eigenvalue weighted by molar-refractivity contribution is 6.15. The molecule has 0 aromatic heterocycles. The molecule has 0 spiro atoms.